The summed E-state index contributed by atoms with van der Waals surface area (Å²) in [5.74, 6) is 1.65. The Labute approximate surface area is 127 Å². The number of pyridine rings is 1. The molecule has 0 radical (unpaired) electrons. The summed E-state index contributed by atoms with van der Waals surface area (Å²) in [7, 11) is 0. The van der Waals surface area contributed by atoms with E-state index in [2.05, 4.69) is 10.3 Å². The number of amides is 1. The number of thioether (sulfide) groups is 1. The fraction of sp³-hybridized carbons (Fsp3) is 0.200. The van der Waals surface area contributed by atoms with E-state index in [1.807, 2.05) is 24.3 Å². The van der Waals surface area contributed by atoms with Crippen LogP contribution in [0.3, 0.4) is 0 Å². The summed E-state index contributed by atoms with van der Waals surface area (Å²) in [5.41, 5.74) is 1.69. The molecule has 0 aliphatic carbocycles. The molecule has 2 rings (SSSR count). The van der Waals surface area contributed by atoms with Gasteiger partial charge in [0.2, 0.25) is 0 Å². The number of hydrogen-bond donors (Lipinski definition) is 1. The third kappa shape index (κ3) is 4.87. The predicted molar refractivity (Wildman–Crippen MR) is 84.2 cm³/mol. The minimum Gasteiger partial charge on any atom is -0.350 e. The van der Waals surface area contributed by atoms with E-state index in [1.165, 1.54) is 5.56 Å². The lowest BCUT2D eigenvalue weighted by Crippen LogP contribution is -2.26. The fourth-order valence-electron chi connectivity index (χ4n) is 1.60. The molecule has 20 heavy (non-hydrogen) atoms. The van der Waals surface area contributed by atoms with Crippen LogP contribution < -0.4 is 5.32 Å². The number of benzene rings is 1. The molecule has 0 spiro atoms. The average Bonchev–Trinajstić information content (AvgIpc) is 2.49. The van der Waals surface area contributed by atoms with Crippen LogP contribution in [0.2, 0.25) is 5.02 Å². The Balaban J connectivity index is 1.64. The molecule has 104 valence electrons. The van der Waals surface area contributed by atoms with Crippen molar-refractivity contribution in [2.24, 2.45) is 0 Å². The van der Waals surface area contributed by atoms with Gasteiger partial charge in [0.15, 0.2) is 0 Å². The second-order valence-corrected chi connectivity index (χ2v) is 5.69. The van der Waals surface area contributed by atoms with E-state index in [9.17, 15) is 4.79 Å². The molecule has 0 aliphatic heterocycles. The van der Waals surface area contributed by atoms with Gasteiger partial charge in [-0.05, 0) is 29.8 Å². The van der Waals surface area contributed by atoms with E-state index in [0.29, 0.717) is 12.2 Å². The van der Waals surface area contributed by atoms with Crippen molar-refractivity contribution < 1.29 is 4.79 Å². The first-order valence-corrected chi connectivity index (χ1v) is 7.80. The fourth-order valence-corrected chi connectivity index (χ4v) is 2.54. The summed E-state index contributed by atoms with van der Waals surface area (Å²) in [4.78, 5) is 15.7. The van der Waals surface area contributed by atoms with Gasteiger partial charge in [-0.25, -0.2) is 0 Å². The Hall–Kier alpha value is -1.52. The lowest BCUT2D eigenvalue weighted by molar-refractivity contribution is 0.0951. The number of rotatable bonds is 6. The van der Waals surface area contributed by atoms with Gasteiger partial charge in [-0.15, -0.1) is 0 Å². The van der Waals surface area contributed by atoms with Crippen molar-refractivity contribution in [1.29, 1.82) is 0 Å². The zero-order valence-corrected chi connectivity index (χ0v) is 12.5. The summed E-state index contributed by atoms with van der Waals surface area (Å²) < 4.78 is 0. The molecular formula is C15H15ClN2OS. The standard InChI is InChI=1S/C15H15ClN2OS/c16-13-6-4-12(5-7-13)11-20-10-9-18-15(19)14-3-1-2-8-17-14/h1-8H,9-11H2,(H,18,19). The molecule has 3 nitrogen and oxygen atoms in total. The molecule has 0 saturated heterocycles. The van der Waals surface area contributed by atoms with Crippen LogP contribution in [0, 0.1) is 0 Å². The minimum absolute atomic E-state index is 0.127. The zero-order chi connectivity index (χ0) is 14.2. The van der Waals surface area contributed by atoms with Crippen molar-refractivity contribution in [3.8, 4) is 0 Å². The van der Waals surface area contributed by atoms with Crippen LogP contribution in [0.4, 0.5) is 0 Å². The van der Waals surface area contributed by atoms with Gasteiger partial charge in [-0.3, -0.25) is 9.78 Å². The Morgan fingerprint density at radius 2 is 2.00 bits per heavy atom. The highest BCUT2D eigenvalue weighted by Gasteiger charge is 2.04. The molecule has 1 aromatic heterocycles. The third-order valence-corrected chi connectivity index (χ3v) is 3.89. The summed E-state index contributed by atoms with van der Waals surface area (Å²) in [6, 6.07) is 13.1. The third-order valence-electron chi connectivity index (χ3n) is 2.61. The second-order valence-electron chi connectivity index (χ2n) is 4.15. The first kappa shape index (κ1) is 14.9. The van der Waals surface area contributed by atoms with Crippen molar-refractivity contribution >= 4 is 29.3 Å². The number of carbonyl (C=O) groups excluding carboxylic acids is 1. The quantitative estimate of drug-likeness (QED) is 0.832. The van der Waals surface area contributed by atoms with Crippen molar-refractivity contribution in [3.63, 3.8) is 0 Å². The highest BCUT2D eigenvalue weighted by molar-refractivity contribution is 7.98. The van der Waals surface area contributed by atoms with Crippen molar-refractivity contribution in [1.82, 2.24) is 10.3 Å². The Bertz CT molecular complexity index is 546. The monoisotopic (exact) mass is 306 g/mol. The van der Waals surface area contributed by atoms with E-state index in [0.717, 1.165) is 16.5 Å². The van der Waals surface area contributed by atoms with Gasteiger partial charge in [-0.1, -0.05) is 29.8 Å². The molecule has 2 aromatic rings. The largest absolute Gasteiger partial charge is 0.350 e. The van der Waals surface area contributed by atoms with E-state index >= 15 is 0 Å². The molecule has 0 unspecified atom stereocenters. The predicted octanol–water partition coefficient (Wildman–Crippen LogP) is 3.40. The molecule has 1 N–H and O–H groups in total. The van der Waals surface area contributed by atoms with E-state index < -0.39 is 0 Å². The summed E-state index contributed by atoms with van der Waals surface area (Å²) in [6.45, 7) is 0.633. The van der Waals surface area contributed by atoms with Crippen LogP contribution in [0.25, 0.3) is 0 Å². The Morgan fingerprint density at radius 3 is 2.70 bits per heavy atom. The first-order valence-electron chi connectivity index (χ1n) is 6.27. The summed E-state index contributed by atoms with van der Waals surface area (Å²) >= 11 is 7.60. The van der Waals surface area contributed by atoms with Gasteiger partial charge in [0.25, 0.3) is 5.91 Å². The number of halogens is 1. The average molecular weight is 307 g/mol. The van der Waals surface area contributed by atoms with Gasteiger partial charge in [0.1, 0.15) is 5.69 Å². The maximum Gasteiger partial charge on any atom is 0.269 e. The highest BCUT2D eigenvalue weighted by atomic mass is 35.5. The van der Waals surface area contributed by atoms with Gasteiger partial charge in [0, 0.05) is 29.3 Å². The number of nitrogens with zero attached hydrogens (tertiary/aromatic N) is 1. The van der Waals surface area contributed by atoms with E-state index in [4.69, 9.17) is 11.6 Å². The molecule has 1 amide bonds. The lowest BCUT2D eigenvalue weighted by Gasteiger charge is -2.05. The minimum atomic E-state index is -0.127. The molecule has 0 atom stereocenters. The number of nitrogens with one attached hydrogen (secondary N) is 1. The maximum atomic E-state index is 11.7. The molecule has 0 aliphatic rings. The first-order chi connectivity index (χ1) is 9.75. The normalized spacial score (nSPS) is 10.2. The van der Waals surface area contributed by atoms with Crippen molar-refractivity contribution in [2.75, 3.05) is 12.3 Å². The van der Waals surface area contributed by atoms with Crippen LogP contribution in [-0.2, 0) is 5.75 Å². The Kier molecular flexibility index (Phi) is 5.89. The van der Waals surface area contributed by atoms with Gasteiger partial charge >= 0.3 is 0 Å². The molecule has 0 bridgehead atoms. The number of aromatic nitrogens is 1. The number of hydrogen-bond acceptors (Lipinski definition) is 3. The van der Waals surface area contributed by atoms with Crippen LogP contribution >= 0.6 is 23.4 Å². The van der Waals surface area contributed by atoms with Crippen LogP contribution in [-0.4, -0.2) is 23.2 Å². The van der Waals surface area contributed by atoms with Crippen molar-refractivity contribution in [2.45, 2.75) is 5.75 Å². The molecule has 1 heterocycles. The maximum absolute atomic E-state index is 11.7. The summed E-state index contributed by atoms with van der Waals surface area (Å²) in [6.07, 6.45) is 1.62. The molecule has 1 aromatic carbocycles. The topological polar surface area (TPSA) is 42.0 Å². The van der Waals surface area contributed by atoms with E-state index in [1.54, 1.807) is 36.2 Å². The molecule has 0 saturated carbocycles. The van der Waals surface area contributed by atoms with Gasteiger partial charge < -0.3 is 5.32 Å². The van der Waals surface area contributed by atoms with Crippen molar-refractivity contribution in [3.05, 3.63) is 64.9 Å². The van der Waals surface area contributed by atoms with Crippen LogP contribution in [0.5, 0.6) is 0 Å². The highest BCUT2D eigenvalue weighted by Crippen LogP contribution is 2.14. The summed E-state index contributed by atoms with van der Waals surface area (Å²) in [5, 5.41) is 3.60. The molecular weight excluding hydrogens is 292 g/mol. The van der Waals surface area contributed by atoms with Crippen LogP contribution in [0.15, 0.2) is 48.7 Å². The van der Waals surface area contributed by atoms with E-state index in [-0.39, 0.29) is 5.91 Å². The second kappa shape index (κ2) is 7.92. The zero-order valence-electron chi connectivity index (χ0n) is 10.9. The molecule has 5 heteroatoms. The number of carbonyl (C=O) groups is 1. The van der Waals surface area contributed by atoms with Crippen LogP contribution in [0.1, 0.15) is 16.1 Å². The SMILES string of the molecule is O=C(NCCSCc1ccc(Cl)cc1)c1ccccn1. The molecule has 0 fully saturated rings. The smallest absolute Gasteiger partial charge is 0.269 e. The lowest BCUT2D eigenvalue weighted by atomic mass is 10.2. The van der Waals surface area contributed by atoms with Gasteiger partial charge in [0.05, 0.1) is 0 Å². The van der Waals surface area contributed by atoms with Gasteiger partial charge in [-0.2, -0.15) is 11.8 Å². The Morgan fingerprint density at radius 1 is 1.20 bits per heavy atom.